The predicted octanol–water partition coefficient (Wildman–Crippen LogP) is 2.75. The molecule has 0 saturated carbocycles. The molecule has 0 radical (unpaired) electrons. The van der Waals surface area contributed by atoms with Crippen molar-refractivity contribution < 1.29 is 0 Å². The topological polar surface area (TPSA) is 15.3 Å². The molecule has 0 spiro atoms. The molecule has 1 saturated heterocycles. The highest BCUT2D eigenvalue weighted by atomic mass is 15.1. The summed E-state index contributed by atoms with van der Waals surface area (Å²) in [6.45, 7) is 7.84. The first-order chi connectivity index (χ1) is 9.88. The van der Waals surface area contributed by atoms with Crippen LogP contribution in [0, 0.1) is 17.8 Å². The molecule has 1 atom stereocenters. The lowest BCUT2D eigenvalue weighted by atomic mass is 9.99. The van der Waals surface area contributed by atoms with E-state index in [4.69, 9.17) is 0 Å². The van der Waals surface area contributed by atoms with Crippen molar-refractivity contribution in [2.24, 2.45) is 5.92 Å². The molecule has 2 heteroatoms. The van der Waals surface area contributed by atoms with Crippen LogP contribution >= 0.6 is 0 Å². The summed E-state index contributed by atoms with van der Waals surface area (Å²) in [5.74, 6) is 7.40. The molecule has 1 aliphatic heterocycles. The second-order valence-electron chi connectivity index (χ2n) is 5.62. The van der Waals surface area contributed by atoms with Gasteiger partial charge in [-0.05, 0) is 56.9 Å². The van der Waals surface area contributed by atoms with E-state index in [9.17, 15) is 0 Å². The maximum absolute atomic E-state index is 3.50. The minimum Gasteiger partial charge on any atom is -0.316 e. The molecule has 2 nitrogen and oxygen atoms in total. The van der Waals surface area contributed by atoms with Crippen LogP contribution in [0.2, 0.25) is 0 Å². The second kappa shape index (κ2) is 8.79. The summed E-state index contributed by atoms with van der Waals surface area (Å²) in [5.41, 5.74) is 1.11. The standard InChI is InChI=1S/C18H26N2/c1-2-13-20(16-18-10-6-12-19-15-18)14-7-11-17-8-4-3-5-9-17/h3-5,8-9,18-19H,2,6,10,12-16H2,1H3. The molecule has 20 heavy (non-hydrogen) atoms. The smallest absolute Gasteiger partial charge is 0.0605 e. The zero-order valence-electron chi connectivity index (χ0n) is 12.6. The van der Waals surface area contributed by atoms with E-state index in [-0.39, 0.29) is 0 Å². The number of hydrogen-bond donors (Lipinski definition) is 1. The average molecular weight is 270 g/mol. The minimum atomic E-state index is 0.800. The molecule has 108 valence electrons. The van der Waals surface area contributed by atoms with Gasteiger partial charge in [0.15, 0.2) is 0 Å². The third kappa shape index (κ3) is 5.36. The Bertz CT molecular complexity index is 424. The molecule has 1 heterocycles. The largest absolute Gasteiger partial charge is 0.316 e. The lowest BCUT2D eigenvalue weighted by Gasteiger charge is -2.28. The van der Waals surface area contributed by atoms with Gasteiger partial charge in [0, 0.05) is 12.1 Å². The molecular formula is C18H26N2. The van der Waals surface area contributed by atoms with Gasteiger partial charge in [0.25, 0.3) is 0 Å². The van der Waals surface area contributed by atoms with E-state index in [1.807, 2.05) is 18.2 Å². The van der Waals surface area contributed by atoms with Crippen LogP contribution in [0.15, 0.2) is 30.3 Å². The SMILES string of the molecule is CCCN(CC#Cc1ccccc1)CC1CCCNC1. The van der Waals surface area contributed by atoms with Gasteiger partial charge in [0.1, 0.15) is 0 Å². The zero-order chi connectivity index (χ0) is 14.0. The van der Waals surface area contributed by atoms with Crippen LogP contribution < -0.4 is 5.32 Å². The van der Waals surface area contributed by atoms with Crippen molar-refractivity contribution in [1.29, 1.82) is 0 Å². The monoisotopic (exact) mass is 270 g/mol. The molecule has 0 aliphatic carbocycles. The first-order valence-corrected chi connectivity index (χ1v) is 7.85. The van der Waals surface area contributed by atoms with Crippen molar-refractivity contribution in [3.63, 3.8) is 0 Å². The fraction of sp³-hybridized carbons (Fsp3) is 0.556. The van der Waals surface area contributed by atoms with Gasteiger partial charge in [0.2, 0.25) is 0 Å². The predicted molar refractivity (Wildman–Crippen MR) is 85.6 cm³/mol. The zero-order valence-corrected chi connectivity index (χ0v) is 12.6. The summed E-state index contributed by atoms with van der Waals surface area (Å²) in [7, 11) is 0. The van der Waals surface area contributed by atoms with Crippen LogP contribution in [0.3, 0.4) is 0 Å². The fourth-order valence-electron chi connectivity index (χ4n) is 2.77. The van der Waals surface area contributed by atoms with Crippen molar-refractivity contribution in [1.82, 2.24) is 10.2 Å². The Hall–Kier alpha value is -1.30. The first-order valence-electron chi connectivity index (χ1n) is 7.85. The van der Waals surface area contributed by atoms with Crippen LogP contribution in [0.1, 0.15) is 31.7 Å². The number of rotatable bonds is 5. The van der Waals surface area contributed by atoms with Crippen LogP contribution in [0.4, 0.5) is 0 Å². The molecule has 1 aliphatic rings. The van der Waals surface area contributed by atoms with E-state index in [2.05, 4.69) is 41.1 Å². The third-order valence-corrected chi connectivity index (χ3v) is 3.76. The quantitative estimate of drug-likeness (QED) is 0.828. The number of hydrogen-bond acceptors (Lipinski definition) is 2. The molecule has 0 bridgehead atoms. The molecule has 1 N–H and O–H groups in total. The summed E-state index contributed by atoms with van der Waals surface area (Å²) in [6, 6.07) is 10.3. The maximum Gasteiger partial charge on any atom is 0.0605 e. The molecule has 2 rings (SSSR count). The normalized spacial score (nSPS) is 18.6. The molecular weight excluding hydrogens is 244 g/mol. The van der Waals surface area contributed by atoms with Gasteiger partial charge in [-0.3, -0.25) is 4.90 Å². The van der Waals surface area contributed by atoms with Gasteiger partial charge < -0.3 is 5.32 Å². The van der Waals surface area contributed by atoms with Gasteiger partial charge in [-0.25, -0.2) is 0 Å². The van der Waals surface area contributed by atoms with Gasteiger partial charge in [0.05, 0.1) is 6.54 Å². The van der Waals surface area contributed by atoms with Crippen LogP contribution in [-0.4, -0.2) is 37.6 Å². The van der Waals surface area contributed by atoms with Crippen molar-refractivity contribution in [2.45, 2.75) is 26.2 Å². The number of nitrogens with one attached hydrogen (secondary N) is 1. The van der Waals surface area contributed by atoms with Crippen molar-refractivity contribution in [2.75, 3.05) is 32.7 Å². The molecule has 1 aromatic carbocycles. The van der Waals surface area contributed by atoms with Crippen LogP contribution in [0.5, 0.6) is 0 Å². The molecule has 0 aromatic heterocycles. The number of nitrogens with zero attached hydrogens (tertiary/aromatic N) is 1. The van der Waals surface area contributed by atoms with Gasteiger partial charge in [-0.1, -0.05) is 37.0 Å². The van der Waals surface area contributed by atoms with E-state index < -0.39 is 0 Å². The van der Waals surface area contributed by atoms with E-state index in [1.165, 1.54) is 38.9 Å². The average Bonchev–Trinajstić information content (AvgIpc) is 2.49. The van der Waals surface area contributed by atoms with Crippen molar-refractivity contribution in [3.8, 4) is 11.8 Å². The lowest BCUT2D eigenvalue weighted by Crippen LogP contribution is -2.38. The van der Waals surface area contributed by atoms with Gasteiger partial charge in [-0.15, -0.1) is 0 Å². The van der Waals surface area contributed by atoms with E-state index in [1.54, 1.807) is 0 Å². The molecule has 1 aromatic rings. The Morgan fingerprint density at radius 2 is 2.15 bits per heavy atom. The molecule has 1 fully saturated rings. The molecule has 0 amide bonds. The van der Waals surface area contributed by atoms with Gasteiger partial charge in [-0.2, -0.15) is 0 Å². The Morgan fingerprint density at radius 1 is 1.30 bits per heavy atom. The summed E-state index contributed by atoms with van der Waals surface area (Å²) in [5, 5.41) is 3.50. The summed E-state index contributed by atoms with van der Waals surface area (Å²) in [6.07, 6.45) is 3.88. The van der Waals surface area contributed by atoms with E-state index >= 15 is 0 Å². The number of benzene rings is 1. The first kappa shape index (κ1) is 15.1. The summed E-state index contributed by atoms with van der Waals surface area (Å²) >= 11 is 0. The van der Waals surface area contributed by atoms with Crippen molar-refractivity contribution >= 4 is 0 Å². The van der Waals surface area contributed by atoms with Crippen molar-refractivity contribution in [3.05, 3.63) is 35.9 Å². The highest BCUT2D eigenvalue weighted by Gasteiger charge is 2.15. The minimum absolute atomic E-state index is 0.800. The Morgan fingerprint density at radius 3 is 2.85 bits per heavy atom. The highest BCUT2D eigenvalue weighted by molar-refractivity contribution is 5.33. The van der Waals surface area contributed by atoms with E-state index in [0.29, 0.717) is 0 Å². The fourth-order valence-corrected chi connectivity index (χ4v) is 2.77. The Kier molecular flexibility index (Phi) is 6.63. The van der Waals surface area contributed by atoms with E-state index in [0.717, 1.165) is 24.6 Å². The third-order valence-electron chi connectivity index (χ3n) is 3.76. The molecule has 1 unspecified atom stereocenters. The van der Waals surface area contributed by atoms with Gasteiger partial charge >= 0.3 is 0 Å². The summed E-state index contributed by atoms with van der Waals surface area (Å²) < 4.78 is 0. The Labute approximate surface area is 123 Å². The second-order valence-corrected chi connectivity index (χ2v) is 5.62. The van der Waals surface area contributed by atoms with Crippen LogP contribution in [0.25, 0.3) is 0 Å². The highest BCUT2D eigenvalue weighted by Crippen LogP contribution is 2.11. The summed E-state index contributed by atoms with van der Waals surface area (Å²) in [4.78, 5) is 2.51. The number of piperidine rings is 1. The van der Waals surface area contributed by atoms with Crippen LogP contribution in [-0.2, 0) is 0 Å². The Balaban J connectivity index is 1.84. The lowest BCUT2D eigenvalue weighted by molar-refractivity contribution is 0.228. The maximum atomic E-state index is 3.50.